The van der Waals surface area contributed by atoms with E-state index in [2.05, 4.69) is 0 Å². The first-order valence-corrected chi connectivity index (χ1v) is 4.01. The number of hydrogen-bond donors (Lipinski definition) is 1. The summed E-state index contributed by atoms with van der Waals surface area (Å²) in [5.41, 5.74) is 6.62. The highest BCUT2D eigenvalue weighted by molar-refractivity contribution is 5.60. The number of alkyl halides is 2. The van der Waals surface area contributed by atoms with Crippen LogP contribution < -0.4 is 10.5 Å². The van der Waals surface area contributed by atoms with Crippen LogP contribution in [0, 0.1) is 0 Å². The van der Waals surface area contributed by atoms with Gasteiger partial charge in [-0.25, -0.2) is 8.78 Å². The minimum absolute atomic E-state index is 0.0262. The zero-order valence-electron chi connectivity index (χ0n) is 6.89. The minimum atomic E-state index is -2.46. The van der Waals surface area contributed by atoms with Gasteiger partial charge in [0, 0.05) is 17.5 Å². The monoisotopic (exact) mass is 185 g/mol. The Morgan fingerprint density at radius 1 is 1.38 bits per heavy atom. The number of fused-ring (bicyclic) bond motifs is 1. The van der Waals surface area contributed by atoms with E-state index in [9.17, 15) is 8.78 Å². The van der Waals surface area contributed by atoms with Crippen LogP contribution in [0.4, 0.5) is 14.5 Å². The summed E-state index contributed by atoms with van der Waals surface area (Å²) in [5, 5.41) is 0. The van der Waals surface area contributed by atoms with Gasteiger partial charge in [-0.15, -0.1) is 0 Å². The van der Waals surface area contributed by atoms with Crippen LogP contribution in [0.1, 0.15) is 17.6 Å². The number of nitrogens with two attached hydrogens (primary N) is 1. The van der Waals surface area contributed by atoms with E-state index in [0.29, 0.717) is 24.5 Å². The second-order valence-corrected chi connectivity index (χ2v) is 3.00. The molecule has 0 amide bonds. The van der Waals surface area contributed by atoms with Crippen molar-refractivity contribution in [2.75, 3.05) is 12.3 Å². The molecule has 13 heavy (non-hydrogen) atoms. The molecule has 2 nitrogen and oxygen atoms in total. The Balaban J connectivity index is 2.49. The van der Waals surface area contributed by atoms with Crippen LogP contribution in [0.25, 0.3) is 0 Å². The Labute approximate surface area is 74.3 Å². The second kappa shape index (κ2) is 2.87. The molecule has 1 aliphatic heterocycles. The second-order valence-electron chi connectivity index (χ2n) is 3.00. The molecule has 0 unspecified atom stereocenters. The van der Waals surface area contributed by atoms with Gasteiger partial charge < -0.3 is 10.5 Å². The summed E-state index contributed by atoms with van der Waals surface area (Å²) in [4.78, 5) is 0. The Morgan fingerprint density at radius 2 is 2.15 bits per heavy atom. The summed E-state index contributed by atoms with van der Waals surface area (Å²) in [7, 11) is 0. The molecule has 1 aliphatic rings. The highest BCUT2D eigenvalue weighted by atomic mass is 19.3. The summed E-state index contributed by atoms with van der Waals surface area (Å²) in [6.07, 6.45) is -1.80. The van der Waals surface area contributed by atoms with E-state index in [-0.39, 0.29) is 5.56 Å². The van der Waals surface area contributed by atoms with Crippen LogP contribution in [0.2, 0.25) is 0 Å². The quantitative estimate of drug-likeness (QED) is 0.680. The normalized spacial score (nSPS) is 14.4. The standard InChI is InChI=1S/C9H9F2NO/c10-9(11)6-3-5-1-2-13-8(5)7(12)4-6/h3-4,9H,1-2,12H2. The zero-order valence-corrected chi connectivity index (χ0v) is 6.89. The number of hydrogen-bond acceptors (Lipinski definition) is 2. The summed E-state index contributed by atoms with van der Waals surface area (Å²) < 4.78 is 29.8. The van der Waals surface area contributed by atoms with Crippen LogP contribution in [0.3, 0.4) is 0 Å². The molecule has 0 bridgehead atoms. The third-order valence-corrected chi connectivity index (χ3v) is 2.09. The summed E-state index contributed by atoms with van der Waals surface area (Å²) >= 11 is 0. The molecular formula is C9H9F2NO. The maximum Gasteiger partial charge on any atom is 0.263 e. The number of rotatable bonds is 1. The molecule has 0 aliphatic carbocycles. The van der Waals surface area contributed by atoms with Gasteiger partial charge in [0.1, 0.15) is 5.75 Å². The summed E-state index contributed by atoms with van der Waals surface area (Å²) in [5.74, 6) is 0.574. The van der Waals surface area contributed by atoms with E-state index >= 15 is 0 Å². The van der Waals surface area contributed by atoms with Crippen molar-refractivity contribution in [3.8, 4) is 5.75 Å². The van der Waals surface area contributed by atoms with Gasteiger partial charge in [-0.3, -0.25) is 0 Å². The number of halogens is 2. The predicted molar refractivity (Wildman–Crippen MR) is 45.0 cm³/mol. The highest BCUT2D eigenvalue weighted by Crippen LogP contribution is 2.35. The predicted octanol–water partition coefficient (Wildman–Crippen LogP) is 2.14. The van der Waals surface area contributed by atoms with E-state index in [1.807, 2.05) is 0 Å². The van der Waals surface area contributed by atoms with Crippen molar-refractivity contribution in [2.45, 2.75) is 12.8 Å². The van der Waals surface area contributed by atoms with E-state index in [1.165, 1.54) is 12.1 Å². The van der Waals surface area contributed by atoms with E-state index in [0.717, 1.165) is 5.56 Å². The molecule has 0 spiro atoms. The smallest absolute Gasteiger partial charge is 0.263 e. The number of anilines is 1. The Morgan fingerprint density at radius 3 is 2.85 bits per heavy atom. The molecule has 0 fully saturated rings. The fourth-order valence-electron chi connectivity index (χ4n) is 1.49. The van der Waals surface area contributed by atoms with Gasteiger partial charge >= 0.3 is 0 Å². The zero-order chi connectivity index (χ0) is 9.42. The molecule has 0 radical (unpaired) electrons. The summed E-state index contributed by atoms with van der Waals surface area (Å²) in [6.45, 7) is 0.534. The average molecular weight is 185 g/mol. The highest BCUT2D eigenvalue weighted by Gasteiger charge is 2.19. The van der Waals surface area contributed by atoms with E-state index in [4.69, 9.17) is 10.5 Å². The number of ether oxygens (including phenoxy) is 1. The van der Waals surface area contributed by atoms with Crippen LogP contribution in [-0.4, -0.2) is 6.61 Å². The van der Waals surface area contributed by atoms with Crippen molar-refractivity contribution < 1.29 is 13.5 Å². The first-order chi connectivity index (χ1) is 6.18. The van der Waals surface area contributed by atoms with Crippen LogP contribution in [0.5, 0.6) is 5.75 Å². The fourth-order valence-corrected chi connectivity index (χ4v) is 1.49. The van der Waals surface area contributed by atoms with Gasteiger partial charge in [0.25, 0.3) is 6.43 Å². The Bertz CT molecular complexity index is 339. The molecule has 1 aromatic carbocycles. The van der Waals surface area contributed by atoms with Crippen molar-refractivity contribution in [1.29, 1.82) is 0 Å². The van der Waals surface area contributed by atoms with Gasteiger partial charge in [-0.2, -0.15) is 0 Å². The molecule has 4 heteroatoms. The van der Waals surface area contributed by atoms with Crippen LogP contribution >= 0.6 is 0 Å². The van der Waals surface area contributed by atoms with Gasteiger partial charge in [0.15, 0.2) is 0 Å². The molecule has 70 valence electrons. The van der Waals surface area contributed by atoms with Crippen LogP contribution in [0.15, 0.2) is 12.1 Å². The van der Waals surface area contributed by atoms with Gasteiger partial charge in [0.05, 0.1) is 12.3 Å². The van der Waals surface area contributed by atoms with Crippen molar-refractivity contribution in [1.82, 2.24) is 0 Å². The number of benzene rings is 1. The first-order valence-electron chi connectivity index (χ1n) is 4.01. The lowest BCUT2D eigenvalue weighted by atomic mass is 10.1. The van der Waals surface area contributed by atoms with Crippen molar-refractivity contribution in [2.24, 2.45) is 0 Å². The Kier molecular flexibility index (Phi) is 1.83. The Hall–Kier alpha value is -1.32. The largest absolute Gasteiger partial charge is 0.491 e. The molecule has 2 N–H and O–H groups in total. The molecule has 0 aromatic heterocycles. The average Bonchev–Trinajstić information content (AvgIpc) is 2.51. The van der Waals surface area contributed by atoms with Gasteiger partial charge in [-0.1, -0.05) is 0 Å². The molecule has 1 heterocycles. The lowest BCUT2D eigenvalue weighted by molar-refractivity contribution is 0.151. The van der Waals surface area contributed by atoms with Crippen molar-refractivity contribution in [3.05, 3.63) is 23.3 Å². The van der Waals surface area contributed by atoms with Crippen LogP contribution in [-0.2, 0) is 6.42 Å². The maximum atomic E-state index is 12.3. The first kappa shape index (κ1) is 8.29. The molecule has 0 saturated heterocycles. The number of nitrogen functional groups attached to an aromatic ring is 1. The fraction of sp³-hybridized carbons (Fsp3) is 0.333. The molecule has 2 rings (SSSR count). The van der Waals surface area contributed by atoms with Crippen molar-refractivity contribution >= 4 is 5.69 Å². The third-order valence-electron chi connectivity index (χ3n) is 2.09. The third kappa shape index (κ3) is 1.32. The minimum Gasteiger partial charge on any atom is -0.491 e. The lowest BCUT2D eigenvalue weighted by Gasteiger charge is -2.06. The summed E-state index contributed by atoms with van der Waals surface area (Å²) in [6, 6.07) is 2.73. The maximum absolute atomic E-state index is 12.3. The molecule has 0 atom stereocenters. The van der Waals surface area contributed by atoms with Gasteiger partial charge in [0.2, 0.25) is 0 Å². The lowest BCUT2D eigenvalue weighted by Crippen LogP contribution is -1.94. The van der Waals surface area contributed by atoms with Crippen molar-refractivity contribution in [3.63, 3.8) is 0 Å². The van der Waals surface area contributed by atoms with E-state index in [1.54, 1.807) is 0 Å². The molecular weight excluding hydrogens is 176 g/mol. The molecule has 0 saturated carbocycles. The van der Waals surface area contributed by atoms with Gasteiger partial charge in [-0.05, 0) is 12.1 Å². The SMILES string of the molecule is Nc1cc(C(F)F)cc2c1OCC2. The molecule has 1 aromatic rings. The van der Waals surface area contributed by atoms with E-state index < -0.39 is 6.43 Å². The topological polar surface area (TPSA) is 35.2 Å².